The van der Waals surface area contributed by atoms with E-state index in [9.17, 15) is 22.0 Å². The first kappa shape index (κ1) is 15.0. The van der Waals surface area contributed by atoms with Crippen molar-refractivity contribution in [1.29, 1.82) is 0 Å². The number of hydrogen-bond donors (Lipinski definition) is 1. The second-order valence-electron chi connectivity index (χ2n) is 4.12. The minimum absolute atomic E-state index is 0.319. The molecule has 0 fully saturated rings. The third-order valence-corrected chi connectivity index (χ3v) is 2.74. The molecule has 2 aromatic rings. The van der Waals surface area contributed by atoms with Gasteiger partial charge in [0.25, 0.3) is 0 Å². The highest BCUT2D eigenvalue weighted by molar-refractivity contribution is 5.99. The quantitative estimate of drug-likeness (QED) is 0.296. The van der Waals surface area contributed by atoms with E-state index in [2.05, 4.69) is 5.10 Å². The summed E-state index contributed by atoms with van der Waals surface area (Å²) >= 11 is 0. The Morgan fingerprint density at radius 1 is 0.810 bits per heavy atom. The molecule has 0 spiro atoms. The van der Waals surface area contributed by atoms with Crippen LogP contribution in [0.1, 0.15) is 12.5 Å². The first-order valence-corrected chi connectivity index (χ1v) is 5.80. The highest BCUT2D eigenvalue weighted by atomic mass is 19.2. The number of hydrogen-bond acceptors (Lipinski definition) is 2. The molecule has 0 saturated heterocycles. The lowest BCUT2D eigenvalue weighted by Gasteiger charge is -2.08. The molecule has 0 amide bonds. The highest BCUT2D eigenvalue weighted by Gasteiger charge is 2.25. The Balaban J connectivity index is 2.37. The van der Waals surface area contributed by atoms with Crippen LogP contribution in [0.2, 0.25) is 0 Å². The van der Waals surface area contributed by atoms with Gasteiger partial charge in [-0.3, -0.25) is 5.43 Å². The van der Waals surface area contributed by atoms with Gasteiger partial charge in [0.05, 0.1) is 5.71 Å². The molecular weight excluding hydrogens is 291 g/mol. The summed E-state index contributed by atoms with van der Waals surface area (Å²) in [6.45, 7) is 1.52. The lowest BCUT2D eigenvalue weighted by atomic mass is 10.1. The van der Waals surface area contributed by atoms with Crippen LogP contribution in [0, 0.1) is 29.1 Å². The Labute approximate surface area is 116 Å². The molecule has 0 aromatic heterocycles. The van der Waals surface area contributed by atoms with Gasteiger partial charge in [-0.05, 0) is 12.5 Å². The molecule has 21 heavy (non-hydrogen) atoms. The second-order valence-corrected chi connectivity index (χ2v) is 4.12. The SMILES string of the molecule is C/C(=N/Nc1c(F)c(F)c(F)c(F)c1F)c1ccccc1. The van der Waals surface area contributed by atoms with E-state index in [-0.39, 0.29) is 0 Å². The van der Waals surface area contributed by atoms with E-state index >= 15 is 0 Å². The van der Waals surface area contributed by atoms with E-state index in [0.29, 0.717) is 11.3 Å². The first-order chi connectivity index (χ1) is 9.93. The third kappa shape index (κ3) is 2.86. The molecule has 2 aromatic carbocycles. The number of anilines is 1. The van der Waals surface area contributed by atoms with Gasteiger partial charge in [-0.2, -0.15) is 5.10 Å². The third-order valence-electron chi connectivity index (χ3n) is 2.74. The molecule has 0 heterocycles. The van der Waals surface area contributed by atoms with Gasteiger partial charge in [0.15, 0.2) is 23.3 Å². The van der Waals surface area contributed by atoms with Crippen LogP contribution in [0.3, 0.4) is 0 Å². The van der Waals surface area contributed by atoms with Crippen LogP contribution >= 0.6 is 0 Å². The summed E-state index contributed by atoms with van der Waals surface area (Å²) in [4.78, 5) is 0. The Kier molecular flexibility index (Phi) is 4.21. The van der Waals surface area contributed by atoms with E-state index in [4.69, 9.17) is 0 Å². The van der Waals surface area contributed by atoms with Crippen LogP contribution in [0.5, 0.6) is 0 Å². The normalized spacial score (nSPS) is 11.6. The fourth-order valence-corrected chi connectivity index (χ4v) is 1.59. The average molecular weight is 300 g/mol. The van der Waals surface area contributed by atoms with Crippen molar-refractivity contribution in [2.45, 2.75) is 6.92 Å². The van der Waals surface area contributed by atoms with Crippen LogP contribution in [0.25, 0.3) is 0 Å². The van der Waals surface area contributed by atoms with Gasteiger partial charge in [-0.25, -0.2) is 22.0 Å². The number of hydrazone groups is 1. The Morgan fingerprint density at radius 3 is 1.81 bits per heavy atom. The standard InChI is InChI=1S/C14H9F5N2/c1-7(8-5-3-2-4-6-8)20-21-14-12(18)10(16)9(15)11(17)13(14)19/h2-6,21H,1H3/b20-7-. The number of rotatable bonds is 3. The minimum Gasteiger partial charge on any atom is -0.272 e. The molecule has 0 bridgehead atoms. The summed E-state index contributed by atoms with van der Waals surface area (Å²) in [7, 11) is 0. The van der Waals surface area contributed by atoms with Crippen LogP contribution in [0.15, 0.2) is 35.4 Å². The van der Waals surface area contributed by atoms with Gasteiger partial charge in [0.1, 0.15) is 5.69 Å². The maximum absolute atomic E-state index is 13.4. The molecule has 0 saturated carbocycles. The van der Waals surface area contributed by atoms with E-state index in [1.807, 2.05) is 5.43 Å². The molecule has 0 unspecified atom stereocenters. The number of benzene rings is 2. The predicted molar refractivity (Wildman–Crippen MR) is 68.5 cm³/mol. The van der Waals surface area contributed by atoms with Crippen LogP contribution in [0.4, 0.5) is 27.6 Å². The van der Waals surface area contributed by atoms with Crippen molar-refractivity contribution in [3.63, 3.8) is 0 Å². The van der Waals surface area contributed by atoms with E-state index < -0.39 is 34.8 Å². The van der Waals surface area contributed by atoms with E-state index in [0.717, 1.165) is 0 Å². The fourth-order valence-electron chi connectivity index (χ4n) is 1.59. The van der Waals surface area contributed by atoms with Crippen LogP contribution < -0.4 is 5.43 Å². The number of nitrogens with zero attached hydrogens (tertiary/aromatic N) is 1. The van der Waals surface area contributed by atoms with Crippen LogP contribution in [-0.4, -0.2) is 5.71 Å². The van der Waals surface area contributed by atoms with Crippen molar-refractivity contribution in [3.05, 3.63) is 65.0 Å². The molecule has 7 heteroatoms. The van der Waals surface area contributed by atoms with Crippen molar-refractivity contribution in [3.8, 4) is 0 Å². The Hall–Kier alpha value is -2.44. The van der Waals surface area contributed by atoms with E-state index in [1.165, 1.54) is 6.92 Å². The first-order valence-electron chi connectivity index (χ1n) is 5.80. The van der Waals surface area contributed by atoms with Gasteiger partial charge in [0, 0.05) is 0 Å². The average Bonchev–Trinajstić information content (AvgIpc) is 2.51. The summed E-state index contributed by atoms with van der Waals surface area (Å²) in [6.07, 6.45) is 0. The van der Waals surface area contributed by atoms with Crippen molar-refractivity contribution < 1.29 is 22.0 Å². The van der Waals surface area contributed by atoms with Gasteiger partial charge in [0.2, 0.25) is 5.82 Å². The number of halogens is 5. The zero-order chi connectivity index (χ0) is 15.6. The fraction of sp³-hybridized carbons (Fsp3) is 0.0714. The Morgan fingerprint density at radius 2 is 1.29 bits per heavy atom. The van der Waals surface area contributed by atoms with Crippen molar-refractivity contribution in [1.82, 2.24) is 0 Å². The van der Waals surface area contributed by atoms with E-state index in [1.54, 1.807) is 30.3 Å². The van der Waals surface area contributed by atoms with Crippen molar-refractivity contribution in [2.24, 2.45) is 5.10 Å². The predicted octanol–water partition coefficient (Wildman–Crippen LogP) is 4.22. The second kappa shape index (κ2) is 5.90. The topological polar surface area (TPSA) is 24.4 Å². The molecule has 0 radical (unpaired) electrons. The zero-order valence-corrected chi connectivity index (χ0v) is 10.7. The zero-order valence-electron chi connectivity index (χ0n) is 10.7. The lowest BCUT2D eigenvalue weighted by molar-refractivity contribution is 0.381. The highest BCUT2D eigenvalue weighted by Crippen LogP contribution is 2.27. The largest absolute Gasteiger partial charge is 0.272 e. The van der Waals surface area contributed by atoms with Crippen molar-refractivity contribution >= 4 is 11.4 Å². The maximum atomic E-state index is 13.4. The molecule has 2 nitrogen and oxygen atoms in total. The minimum atomic E-state index is -2.21. The smallest absolute Gasteiger partial charge is 0.200 e. The van der Waals surface area contributed by atoms with Gasteiger partial charge in [-0.15, -0.1) is 0 Å². The molecule has 0 aliphatic carbocycles. The molecule has 0 atom stereocenters. The summed E-state index contributed by atoms with van der Waals surface area (Å²) in [5, 5.41) is 3.63. The number of nitrogens with one attached hydrogen (secondary N) is 1. The molecule has 2 rings (SSSR count). The molecule has 0 aliphatic heterocycles. The van der Waals surface area contributed by atoms with Gasteiger partial charge in [-0.1, -0.05) is 30.3 Å². The summed E-state index contributed by atoms with van der Waals surface area (Å²) in [5.41, 5.74) is 1.64. The Bertz CT molecular complexity index is 669. The maximum Gasteiger partial charge on any atom is 0.200 e. The molecule has 0 aliphatic rings. The van der Waals surface area contributed by atoms with Gasteiger partial charge >= 0.3 is 0 Å². The molecule has 1 N–H and O–H groups in total. The monoisotopic (exact) mass is 300 g/mol. The van der Waals surface area contributed by atoms with Crippen molar-refractivity contribution in [2.75, 3.05) is 5.43 Å². The van der Waals surface area contributed by atoms with Gasteiger partial charge < -0.3 is 0 Å². The summed E-state index contributed by atoms with van der Waals surface area (Å²) in [5.74, 6) is -10.2. The molecular formula is C14H9F5N2. The van der Waals surface area contributed by atoms with Crippen LogP contribution in [-0.2, 0) is 0 Å². The molecule has 110 valence electrons. The lowest BCUT2D eigenvalue weighted by Crippen LogP contribution is -2.08. The summed E-state index contributed by atoms with van der Waals surface area (Å²) in [6, 6.07) is 8.55. The summed E-state index contributed by atoms with van der Waals surface area (Å²) < 4.78 is 65.7.